The Morgan fingerprint density at radius 2 is 2.04 bits per heavy atom. The van der Waals surface area contributed by atoms with Crippen LogP contribution in [0.4, 0.5) is 4.79 Å². The van der Waals surface area contributed by atoms with E-state index in [1.807, 2.05) is 12.1 Å². The first kappa shape index (κ1) is 18.0. The van der Waals surface area contributed by atoms with Crippen molar-refractivity contribution in [1.29, 1.82) is 0 Å². The van der Waals surface area contributed by atoms with Crippen molar-refractivity contribution in [1.82, 2.24) is 15.6 Å². The second-order valence-corrected chi connectivity index (χ2v) is 7.01. The smallest absolute Gasteiger partial charge is 0.315 e. The summed E-state index contributed by atoms with van der Waals surface area (Å²) in [6, 6.07) is 3.65. The lowest BCUT2D eigenvalue weighted by Gasteiger charge is -2.13. The molecule has 0 spiro atoms. The molecule has 0 unspecified atom stereocenters. The van der Waals surface area contributed by atoms with Gasteiger partial charge in [-0.1, -0.05) is 0 Å². The summed E-state index contributed by atoms with van der Waals surface area (Å²) in [6.07, 6.45) is 10.2. The van der Waals surface area contributed by atoms with E-state index in [4.69, 9.17) is 9.47 Å². The van der Waals surface area contributed by atoms with E-state index < -0.39 is 0 Å². The Bertz CT molecular complexity index is 542. The van der Waals surface area contributed by atoms with Gasteiger partial charge in [-0.05, 0) is 62.5 Å². The Morgan fingerprint density at radius 1 is 1.20 bits per heavy atom. The zero-order valence-electron chi connectivity index (χ0n) is 14.8. The minimum Gasteiger partial charge on any atom is -0.474 e. The molecule has 138 valence electrons. The lowest BCUT2D eigenvalue weighted by molar-refractivity contribution is 0.122. The van der Waals surface area contributed by atoms with E-state index in [1.54, 1.807) is 6.20 Å². The van der Waals surface area contributed by atoms with Gasteiger partial charge in [-0.25, -0.2) is 9.78 Å². The lowest BCUT2D eigenvalue weighted by Crippen LogP contribution is -2.35. The molecule has 2 aliphatic carbocycles. The summed E-state index contributed by atoms with van der Waals surface area (Å²) in [6.45, 7) is 2.68. The number of pyridine rings is 1. The third-order valence-corrected chi connectivity index (χ3v) is 4.64. The number of aromatic nitrogens is 1. The second-order valence-electron chi connectivity index (χ2n) is 7.01. The molecule has 25 heavy (non-hydrogen) atoms. The number of carbonyl (C=O) groups excluding carboxylic acids is 1. The Hall–Kier alpha value is -1.82. The van der Waals surface area contributed by atoms with Crippen LogP contribution >= 0.6 is 0 Å². The third kappa shape index (κ3) is 6.90. The molecule has 0 aromatic carbocycles. The number of nitrogens with one attached hydrogen (secondary N) is 2. The molecule has 1 heterocycles. The second kappa shape index (κ2) is 9.61. The average molecular weight is 347 g/mol. The highest BCUT2D eigenvalue weighted by molar-refractivity contribution is 5.73. The molecule has 2 saturated carbocycles. The summed E-state index contributed by atoms with van der Waals surface area (Å²) in [4.78, 5) is 16.1. The van der Waals surface area contributed by atoms with E-state index in [-0.39, 0.29) is 6.03 Å². The maximum absolute atomic E-state index is 11.8. The fraction of sp³-hybridized carbons (Fsp3) is 0.684. The van der Waals surface area contributed by atoms with E-state index in [0.717, 1.165) is 37.4 Å². The number of rotatable bonds is 10. The minimum atomic E-state index is -0.155. The normalized spacial score (nSPS) is 17.4. The average Bonchev–Trinajstić information content (AvgIpc) is 3.31. The minimum absolute atomic E-state index is 0.155. The summed E-state index contributed by atoms with van der Waals surface area (Å²) in [7, 11) is 0. The highest BCUT2D eigenvalue weighted by Gasteiger charge is 2.20. The van der Waals surface area contributed by atoms with E-state index >= 15 is 0 Å². The van der Waals surface area contributed by atoms with Crippen molar-refractivity contribution in [3.05, 3.63) is 23.9 Å². The van der Waals surface area contributed by atoms with E-state index in [2.05, 4.69) is 15.6 Å². The van der Waals surface area contributed by atoms with Crippen molar-refractivity contribution < 1.29 is 14.3 Å². The number of nitrogens with zero attached hydrogens (tertiary/aromatic N) is 1. The number of urea groups is 1. The van der Waals surface area contributed by atoms with Crippen LogP contribution < -0.4 is 15.4 Å². The van der Waals surface area contributed by atoms with Gasteiger partial charge in [-0.3, -0.25) is 0 Å². The predicted octanol–water partition coefficient (Wildman–Crippen LogP) is 3.02. The Morgan fingerprint density at radius 3 is 2.84 bits per heavy atom. The molecule has 0 aliphatic heterocycles. The van der Waals surface area contributed by atoms with Gasteiger partial charge in [0.1, 0.15) is 6.10 Å². The first-order chi connectivity index (χ1) is 12.3. The van der Waals surface area contributed by atoms with Gasteiger partial charge in [-0.2, -0.15) is 0 Å². The summed E-state index contributed by atoms with van der Waals surface area (Å²) in [5.41, 5.74) is 0.992. The van der Waals surface area contributed by atoms with Crippen molar-refractivity contribution in [3.63, 3.8) is 0 Å². The van der Waals surface area contributed by atoms with Crippen LogP contribution in [-0.4, -0.2) is 36.9 Å². The van der Waals surface area contributed by atoms with Crippen molar-refractivity contribution in [2.75, 3.05) is 19.8 Å². The maximum Gasteiger partial charge on any atom is 0.315 e. The van der Waals surface area contributed by atoms with Gasteiger partial charge >= 0.3 is 6.03 Å². The molecule has 3 rings (SSSR count). The van der Waals surface area contributed by atoms with Crippen LogP contribution in [0.5, 0.6) is 5.88 Å². The molecule has 0 bridgehead atoms. The summed E-state index contributed by atoms with van der Waals surface area (Å²) in [5.74, 6) is 1.44. The maximum atomic E-state index is 11.8. The Labute approximate surface area is 149 Å². The van der Waals surface area contributed by atoms with Crippen LogP contribution in [-0.2, 0) is 11.3 Å². The number of hydrogen-bond acceptors (Lipinski definition) is 4. The zero-order chi connectivity index (χ0) is 17.3. The SMILES string of the molecule is O=C(NCCCOCC1CC1)NCc1ccnc(OC2CCCC2)c1. The number of amides is 2. The summed E-state index contributed by atoms with van der Waals surface area (Å²) >= 11 is 0. The van der Waals surface area contributed by atoms with Crippen LogP contribution in [0.2, 0.25) is 0 Å². The molecule has 1 aromatic rings. The van der Waals surface area contributed by atoms with Gasteiger partial charge in [-0.15, -0.1) is 0 Å². The first-order valence-electron chi connectivity index (χ1n) is 9.50. The molecule has 0 saturated heterocycles. The predicted molar refractivity (Wildman–Crippen MR) is 95.5 cm³/mol. The van der Waals surface area contributed by atoms with E-state index in [0.29, 0.717) is 31.7 Å². The molecule has 2 aliphatic rings. The monoisotopic (exact) mass is 347 g/mol. The number of ether oxygens (including phenoxy) is 2. The summed E-state index contributed by atoms with van der Waals surface area (Å²) < 4.78 is 11.4. The first-order valence-corrected chi connectivity index (χ1v) is 9.50. The highest BCUT2D eigenvalue weighted by atomic mass is 16.5. The standard InChI is InChI=1S/C19H29N3O3/c23-19(21-9-3-11-24-14-15-6-7-15)22-13-16-8-10-20-18(12-16)25-17-4-1-2-5-17/h8,10,12,15,17H,1-7,9,11,13-14H2,(H2,21,22,23). The van der Waals surface area contributed by atoms with Gasteiger partial charge in [0.15, 0.2) is 0 Å². The van der Waals surface area contributed by atoms with Crippen LogP contribution in [0.1, 0.15) is 50.5 Å². The van der Waals surface area contributed by atoms with Crippen molar-refractivity contribution in [2.45, 2.75) is 57.6 Å². The van der Waals surface area contributed by atoms with E-state index in [1.165, 1.54) is 25.7 Å². The molecule has 0 atom stereocenters. The van der Waals surface area contributed by atoms with Crippen LogP contribution in [0.3, 0.4) is 0 Å². The zero-order valence-corrected chi connectivity index (χ0v) is 14.8. The van der Waals surface area contributed by atoms with Crippen LogP contribution in [0.25, 0.3) is 0 Å². The molecule has 2 fully saturated rings. The Kier molecular flexibility index (Phi) is 6.91. The van der Waals surface area contributed by atoms with Crippen LogP contribution in [0, 0.1) is 5.92 Å². The lowest BCUT2D eigenvalue weighted by atomic mass is 10.2. The fourth-order valence-electron chi connectivity index (χ4n) is 2.96. The largest absolute Gasteiger partial charge is 0.474 e. The van der Waals surface area contributed by atoms with Gasteiger partial charge < -0.3 is 20.1 Å². The molecular formula is C19H29N3O3. The molecule has 6 nitrogen and oxygen atoms in total. The van der Waals surface area contributed by atoms with E-state index in [9.17, 15) is 4.79 Å². The van der Waals surface area contributed by atoms with Crippen molar-refractivity contribution in [2.24, 2.45) is 5.92 Å². The third-order valence-electron chi connectivity index (χ3n) is 4.64. The highest BCUT2D eigenvalue weighted by Crippen LogP contribution is 2.28. The van der Waals surface area contributed by atoms with Gasteiger partial charge in [0.2, 0.25) is 5.88 Å². The molecular weight excluding hydrogens is 318 g/mol. The van der Waals surface area contributed by atoms with Crippen molar-refractivity contribution >= 4 is 6.03 Å². The quantitative estimate of drug-likeness (QED) is 0.638. The van der Waals surface area contributed by atoms with Gasteiger partial charge in [0.25, 0.3) is 0 Å². The molecule has 6 heteroatoms. The fourth-order valence-corrected chi connectivity index (χ4v) is 2.96. The molecule has 0 radical (unpaired) electrons. The van der Waals surface area contributed by atoms with Gasteiger partial charge in [0, 0.05) is 38.6 Å². The number of hydrogen-bond donors (Lipinski definition) is 2. The molecule has 2 N–H and O–H groups in total. The molecule has 1 aromatic heterocycles. The number of carbonyl (C=O) groups is 1. The summed E-state index contributed by atoms with van der Waals surface area (Å²) in [5, 5.41) is 5.72. The van der Waals surface area contributed by atoms with Gasteiger partial charge in [0.05, 0.1) is 0 Å². The topological polar surface area (TPSA) is 72.5 Å². The Balaban J connectivity index is 1.28. The van der Waals surface area contributed by atoms with Crippen LogP contribution in [0.15, 0.2) is 18.3 Å². The van der Waals surface area contributed by atoms with Crippen molar-refractivity contribution in [3.8, 4) is 5.88 Å². The molecule has 2 amide bonds.